The quantitative estimate of drug-likeness (QED) is 0.670. The molecule has 1 aromatic carbocycles. The zero-order valence-electron chi connectivity index (χ0n) is 11.0. The number of anilines is 1. The van der Waals surface area contributed by atoms with Crippen LogP contribution in [0.5, 0.6) is 0 Å². The predicted molar refractivity (Wildman–Crippen MR) is 76.5 cm³/mol. The van der Waals surface area contributed by atoms with Gasteiger partial charge < -0.3 is 10.5 Å². The van der Waals surface area contributed by atoms with E-state index < -0.39 is 0 Å². The molecule has 18 heavy (non-hydrogen) atoms. The zero-order valence-corrected chi connectivity index (χ0v) is 12.6. The fourth-order valence-electron chi connectivity index (χ4n) is 1.73. The Labute approximate surface area is 116 Å². The SMILES string of the molecule is CCN(CC)Cc1cc(C(=O)OC)cc(Br)c1N. The van der Waals surface area contributed by atoms with Gasteiger partial charge in [0.1, 0.15) is 0 Å². The topological polar surface area (TPSA) is 55.6 Å². The molecule has 0 saturated carbocycles. The van der Waals surface area contributed by atoms with Crippen LogP contribution < -0.4 is 5.73 Å². The lowest BCUT2D eigenvalue weighted by atomic mass is 10.1. The van der Waals surface area contributed by atoms with E-state index in [0.29, 0.717) is 11.3 Å². The van der Waals surface area contributed by atoms with E-state index in [4.69, 9.17) is 10.5 Å². The van der Waals surface area contributed by atoms with Crippen LogP contribution in [0.1, 0.15) is 29.8 Å². The Morgan fingerprint density at radius 3 is 2.50 bits per heavy atom. The number of hydrogen-bond donors (Lipinski definition) is 1. The predicted octanol–water partition coefficient (Wildman–Crippen LogP) is 2.66. The molecule has 0 radical (unpaired) electrons. The summed E-state index contributed by atoms with van der Waals surface area (Å²) >= 11 is 3.38. The molecule has 0 bridgehead atoms. The molecule has 0 fully saturated rings. The van der Waals surface area contributed by atoms with E-state index in [0.717, 1.165) is 29.7 Å². The third-order valence-electron chi connectivity index (χ3n) is 2.92. The van der Waals surface area contributed by atoms with Crippen LogP contribution in [0.25, 0.3) is 0 Å². The van der Waals surface area contributed by atoms with Gasteiger partial charge in [0.05, 0.1) is 18.4 Å². The van der Waals surface area contributed by atoms with Crippen LogP contribution in [-0.2, 0) is 11.3 Å². The highest BCUT2D eigenvalue weighted by Gasteiger charge is 2.13. The van der Waals surface area contributed by atoms with Gasteiger partial charge in [-0.1, -0.05) is 13.8 Å². The maximum absolute atomic E-state index is 11.6. The first-order chi connectivity index (χ1) is 8.53. The Hall–Kier alpha value is -1.07. The van der Waals surface area contributed by atoms with Crippen molar-refractivity contribution < 1.29 is 9.53 Å². The van der Waals surface area contributed by atoms with Gasteiger partial charge in [0, 0.05) is 11.0 Å². The first-order valence-corrected chi connectivity index (χ1v) is 6.71. The molecule has 1 aromatic rings. The number of esters is 1. The van der Waals surface area contributed by atoms with E-state index in [1.54, 1.807) is 12.1 Å². The molecule has 0 spiro atoms. The molecule has 4 nitrogen and oxygen atoms in total. The van der Waals surface area contributed by atoms with E-state index in [9.17, 15) is 4.79 Å². The van der Waals surface area contributed by atoms with Crippen LogP contribution in [0.4, 0.5) is 5.69 Å². The third kappa shape index (κ3) is 3.46. The molecule has 0 amide bonds. The van der Waals surface area contributed by atoms with Gasteiger partial charge in [0.15, 0.2) is 0 Å². The number of nitrogens with two attached hydrogens (primary N) is 1. The maximum atomic E-state index is 11.6. The van der Waals surface area contributed by atoms with Gasteiger partial charge in [-0.05, 0) is 46.7 Å². The van der Waals surface area contributed by atoms with Crippen molar-refractivity contribution in [2.45, 2.75) is 20.4 Å². The van der Waals surface area contributed by atoms with Crippen LogP contribution in [-0.4, -0.2) is 31.1 Å². The number of nitrogens with zero attached hydrogens (tertiary/aromatic N) is 1. The molecule has 0 atom stereocenters. The number of hydrogen-bond acceptors (Lipinski definition) is 4. The van der Waals surface area contributed by atoms with E-state index in [1.165, 1.54) is 7.11 Å². The first-order valence-electron chi connectivity index (χ1n) is 5.92. The summed E-state index contributed by atoms with van der Waals surface area (Å²) in [6.07, 6.45) is 0. The number of halogens is 1. The number of nitrogen functional groups attached to an aromatic ring is 1. The third-order valence-corrected chi connectivity index (χ3v) is 3.58. The van der Waals surface area contributed by atoms with Crippen LogP contribution in [0.2, 0.25) is 0 Å². The number of ether oxygens (including phenoxy) is 1. The Bertz CT molecular complexity index is 431. The molecular formula is C13H19BrN2O2. The van der Waals surface area contributed by atoms with Gasteiger partial charge in [0.25, 0.3) is 0 Å². The highest BCUT2D eigenvalue weighted by Crippen LogP contribution is 2.27. The van der Waals surface area contributed by atoms with Crippen LogP contribution >= 0.6 is 15.9 Å². The lowest BCUT2D eigenvalue weighted by Crippen LogP contribution is -2.23. The Balaban J connectivity index is 3.09. The largest absolute Gasteiger partial charge is 0.465 e. The Morgan fingerprint density at radius 1 is 1.39 bits per heavy atom. The van der Waals surface area contributed by atoms with Crippen LogP contribution in [0.15, 0.2) is 16.6 Å². The van der Waals surface area contributed by atoms with E-state index in [2.05, 4.69) is 34.7 Å². The average molecular weight is 315 g/mol. The van der Waals surface area contributed by atoms with Crippen molar-refractivity contribution in [2.75, 3.05) is 25.9 Å². The molecule has 0 heterocycles. The number of carbonyl (C=O) groups is 1. The lowest BCUT2D eigenvalue weighted by molar-refractivity contribution is 0.0600. The first kappa shape index (κ1) is 15.0. The van der Waals surface area contributed by atoms with E-state index in [1.807, 2.05) is 0 Å². The normalized spacial score (nSPS) is 10.7. The monoisotopic (exact) mass is 314 g/mol. The Morgan fingerprint density at radius 2 is 2.00 bits per heavy atom. The minimum absolute atomic E-state index is 0.350. The molecule has 0 aliphatic rings. The summed E-state index contributed by atoms with van der Waals surface area (Å²) in [6.45, 7) is 6.80. The van der Waals surface area contributed by atoms with Gasteiger partial charge in [0.2, 0.25) is 0 Å². The van der Waals surface area contributed by atoms with Crippen LogP contribution in [0, 0.1) is 0 Å². The fraction of sp³-hybridized carbons (Fsp3) is 0.462. The summed E-state index contributed by atoms with van der Waals surface area (Å²) in [5.74, 6) is -0.350. The molecule has 1 rings (SSSR count). The summed E-state index contributed by atoms with van der Waals surface area (Å²) in [5.41, 5.74) is 8.15. The molecule has 0 aliphatic carbocycles. The molecule has 5 heteroatoms. The van der Waals surface area contributed by atoms with Crippen LogP contribution in [0.3, 0.4) is 0 Å². The van der Waals surface area contributed by atoms with Gasteiger partial charge >= 0.3 is 5.97 Å². The minimum atomic E-state index is -0.350. The number of rotatable bonds is 5. The fourth-order valence-corrected chi connectivity index (χ4v) is 2.23. The van der Waals surface area contributed by atoms with Crippen molar-refractivity contribution in [3.63, 3.8) is 0 Å². The van der Waals surface area contributed by atoms with Crippen molar-refractivity contribution in [1.82, 2.24) is 4.90 Å². The highest BCUT2D eigenvalue weighted by molar-refractivity contribution is 9.10. The van der Waals surface area contributed by atoms with E-state index in [-0.39, 0.29) is 5.97 Å². The summed E-state index contributed by atoms with van der Waals surface area (Å²) in [7, 11) is 1.37. The molecule has 0 aromatic heterocycles. The zero-order chi connectivity index (χ0) is 13.7. The smallest absolute Gasteiger partial charge is 0.337 e. The van der Waals surface area contributed by atoms with Gasteiger partial charge in [-0.2, -0.15) is 0 Å². The maximum Gasteiger partial charge on any atom is 0.337 e. The van der Waals surface area contributed by atoms with Gasteiger partial charge in [-0.15, -0.1) is 0 Å². The van der Waals surface area contributed by atoms with Crippen molar-refractivity contribution in [2.24, 2.45) is 0 Å². The summed E-state index contributed by atoms with van der Waals surface area (Å²) < 4.78 is 5.46. The summed E-state index contributed by atoms with van der Waals surface area (Å²) in [5, 5.41) is 0. The van der Waals surface area contributed by atoms with Gasteiger partial charge in [-0.25, -0.2) is 4.79 Å². The molecule has 0 aliphatic heterocycles. The molecule has 100 valence electrons. The van der Waals surface area contributed by atoms with E-state index >= 15 is 0 Å². The summed E-state index contributed by atoms with van der Waals surface area (Å²) in [4.78, 5) is 13.8. The highest BCUT2D eigenvalue weighted by atomic mass is 79.9. The molecule has 0 saturated heterocycles. The van der Waals surface area contributed by atoms with Crippen molar-refractivity contribution in [1.29, 1.82) is 0 Å². The van der Waals surface area contributed by atoms with Crippen molar-refractivity contribution in [3.8, 4) is 0 Å². The van der Waals surface area contributed by atoms with Crippen molar-refractivity contribution >= 4 is 27.6 Å². The molecule has 2 N–H and O–H groups in total. The number of benzene rings is 1. The summed E-state index contributed by atoms with van der Waals surface area (Å²) in [6, 6.07) is 3.48. The average Bonchev–Trinajstić information content (AvgIpc) is 2.39. The molecular weight excluding hydrogens is 296 g/mol. The van der Waals surface area contributed by atoms with Crippen molar-refractivity contribution in [3.05, 3.63) is 27.7 Å². The number of methoxy groups -OCH3 is 1. The second-order valence-electron chi connectivity index (χ2n) is 3.98. The minimum Gasteiger partial charge on any atom is -0.465 e. The lowest BCUT2D eigenvalue weighted by Gasteiger charge is -2.20. The second-order valence-corrected chi connectivity index (χ2v) is 4.84. The Kier molecular flexibility index (Phi) is 5.62. The van der Waals surface area contributed by atoms with Gasteiger partial charge in [-0.3, -0.25) is 4.90 Å². The molecule has 0 unspecified atom stereocenters. The number of carbonyl (C=O) groups excluding carboxylic acids is 1. The second kappa shape index (κ2) is 6.75. The standard InChI is InChI=1S/C13H19BrN2O2/c1-4-16(5-2)8-10-6-9(13(17)18-3)7-11(14)12(10)15/h6-7H,4-5,8,15H2,1-3H3.